The van der Waals surface area contributed by atoms with Gasteiger partial charge in [-0.15, -0.1) is 0 Å². The van der Waals surface area contributed by atoms with E-state index in [-0.39, 0.29) is 23.5 Å². The molecule has 1 aliphatic rings. The molecule has 110 valence electrons. The Hall–Kier alpha value is -1.35. The summed E-state index contributed by atoms with van der Waals surface area (Å²) in [6, 6.07) is 8.47. The van der Waals surface area contributed by atoms with E-state index in [0.29, 0.717) is 0 Å². The Kier molecular flexibility index (Phi) is 4.19. The molecule has 0 aromatic heterocycles. The Morgan fingerprint density at radius 1 is 1.20 bits per heavy atom. The molecule has 0 radical (unpaired) electrons. The second-order valence-electron chi connectivity index (χ2n) is 6.91. The lowest BCUT2D eigenvalue weighted by Gasteiger charge is -2.31. The molecule has 2 rings (SSSR count). The average Bonchev–Trinajstić information content (AvgIpc) is 2.65. The molecule has 1 heterocycles. The predicted octanol–water partition coefficient (Wildman–Crippen LogP) is 3.11. The van der Waals surface area contributed by atoms with Gasteiger partial charge in [-0.1, -0.05) is 52.0 Å². The number of hydrogen-bond acceptors (Lipinski definition) is 2. The first-order valence-electron chi connectivity index (χ1n) is 7.47. The van der Waals surface area contributed by atoms with Gasteiger partial charge in [-0.3, -0.25) is 10.1 Å². The minimum absolute atomic E-state index is 0.00244. The molecule has 2 atom stereocenters. The fraction of sp³-hybridized carbons (Fsp3) is 0.588. The number of nitrogens with zero attached hydrogens (tertiary/aromatic N) is 1. The standard InChI is InChI=1S/C17H26N2O/c1-6-13-7-9-14(10-8-13)15-18-12(2)16(20)19(15)11-17(3,4)5/h7-10,12,15,18H,6,11H2,1-5H3. The number of carbonyl (C=O) groups excluding carboxylic acids is 1. The third-order valence-corrected chi connectivity index (χ3v) is 3.72. The van der Waals surface area contributed by atoms with Gasteiger partial charge in [-0.25, -0.2) is 0 Å². The first-order chi connectivity index (χ1) is 9.31. The van der Waals surface area contributed by atoms with Gasteiger partial charge in [-0.05, 0) is 29.9 Å². The van der Waals surface area contributed by atoms with Crippen molar-refractivity contribution in [3.05, 3.63) is 35.4 Å². The number of nitrogens with one attached hydrogen (secondary N) is 1. The lowest BCUT2D eigenvalue weighted by molar-refractivity contribution is -0.131. The maximum absolute atomic E-state index is 12.4. The van der Waals surface area contributed by atoms with Crippen LogP contribution in [0.2, 0.25) is 0 Å². The zero-order chi connectivity index (χ0) is 14.9. The monoisotopic (exact) mass is 274 g/mol. The molecule has 1 aromatic rings. The van der Waals surface area contributed by atoms with Crippen molar-refractivity contribution in [2.45, 2.75) is 53.2 Å². The zero-order valence-corrected chi connectivity index (χ0v) is 13.2. The van der Waals surface area contributed by atoms with Crippen LogP contribution in [-0.4, -0.2) is 23.4 Å². The SMILES string of the molecule is CCc1ccc(C2NC(C)C(=O)N2CC(C)(C)C)cc1. The van der Waals surface area contributed by atoms with Gasteiger partial charge in [0.2, 0.25) is 5.91 Å². The van der Waals surface area contributed by atoms with Crippen LogP contribution in [0.3, 0.4) is 0 Å². The molecule has 1 aromatic carbocycles. The molecule has 20 heavy (non-hydrogen) atoms. The van der Waals surface area contributed by atoms with Crippen LogP contribution >= 0.6 is 0 Å². The van der Waals surface area contributed by atoms with Crippen LogP contribution in [0.25, 0.3) is 0 Å². The summed E-state index contributed by atoms with van der Waals surface area (Å²) in [5.74, 6) is 0.199. The van der Waals surface area contributed by atoms with E-state index in [1.165, 1.54) is 11.1 Å². The number of hydrogen-bond donors (Lipinski definition) is 1. The third kappa shape index (κ3) is 3.21. The van der Waals surface area contributed by atoms with E-state index < -0.39 is 0 Å². The summed E-state index contributed by atoms with van der Waals surface area (Å²) >= 11 is 0. The van der Waals surface area contributed by atoms with Crippen molar-refractivity contribution < 1.29 is 4.79 Å². The fourth-order valence-electron chi connectivity index (χ4n) is 2.67. The van der Waals surface area contributed by atoms with E-state index in [1.807, 2.05) is 11.8 Å². The van der Waals surface area contributed by atoms with Crippen LogP contribution in [0, 0.1) is 5.41 Å². The summed E-state index contributed by atoms with van der Waals surface area (Å²) in [4.78, 5) is 14.3. The molecule has 0 bridgehead atoms. The summed E-state index contributed by atoms with van der Waals surface area (Å²) < 4.78 is 0. The Morgan fingerprint density at radius 3 is 2.30 bits per heavy atom. The first kappa shape index (κ1) is 15.0. The predicted molar refractivity (Wildman–Crippen MR) is 82.3 cm³/mol. The van der Waals surface area contributed by atoms with Crippen molar-refractivity contribution in [2.24, 2.45) is 5.41 Å². The van der Waals surface area contributed by atoms with E-state index >= 15 is 0 Å². The molecule has 3 nitrogen and oxygen atoms in total. The minimum atomic E-state index is -0.104. The molecule has 1 aliphatic heterocycles. The molecular formula is C17H26N2O. The maximum Gasteiger partial charge on any atom is 0.241 e. The normalized spacial score (nSPS) is 23.4. The van der Waals surface area contributed by atoms with Gasteiger partial charge >= 0.3 is 0 Å². The highest BCUT2D eigenvalue weighted by Gasteiger charge is 2.38. The smallest absolute Gasteiger partial charge is 0.241 e. The third-order valence-electron chi connectivity index (χ3n) is 3.72. The van der Waals surface area contributed by atoms with Gasteiger partial charge < -0.3 is 4.90 Å². The van der Waals surface area contributed by atoms with E-state index in [9.17, 15) is 4.79 Å². The molecule has 0 spiro atoms. The van der Waals surface area contributed by atoms with E-state index in [2.05, 4.69) is 57.3 Å². The van der Waals surface area contributed by atoms with Gasteiger partial charge in [0, 0.05) is 6.54 Å². The second-order valence-corrected chi connectivity index (χ2v) is 6.91. The van der Waals surface area contributed by atoms with Crippen molar-refractivity contribution in [1.29, 1.82) is 0 Å². The largest absolute Gasteiger partial charge is 0.321 e. The van der Waals surface area contributed by atoms with Gasteiger partial charge in [-0.2, -0.15) is 0 Å². The van der Waals surface area contributed by atoms with E-state index in [0.717, 1.165) is 13.0 Å². The van der Waals surface area contributed by atoms with Gasteiger partial charge in [0.1, 0.15) is 6.17 Å². The Labute approximate surface area is 122 Å². The molecule has 1 N–H and O–H groups in total. The van der Waals surface area contributed by atoms with Crippen LogP contribution in [0.1, 0.15) is 51.9 Å². The van der Waals surface area contributed by atoms with E-state index in [4.69, 9.17) is 0 Å². The maximum atomic E-state index is 12.4. The van der Waals surface area contributed by atoms with Crippen molar-refractivity contribution >= 4 is 5.91 Å². The summed E-state index contributed by atoms with van der Waals surface area (Å²) in [6.07, 6.45) is 1.04. The Morgan fingerprint density at radius 2 is 1.80 bits per heavy atom. The van der Waals surface area contributed by atoms with Gasteiger partial charge in [0.05, 0.1) is 6.04 Å². The topological polar surface area (TPSA) is 32.3 Å². The highest BCUT2D eigenvalue weighted by molar-refractivity contribution is 5.84. The van der Waals surface area contributed by atoms with Crippen molar-refractivity contribution in [2.75, 3.05) is 6.54 Å². The fourth-order valence-corrected chi connectivity index (χ4v) is 2.67. The Balaban J connectivity index is 2.25. The second kappa shape index (κ2) is 5.57. The molecular weight excluding hydrogens is 248 g/mol. The van der Waals surface area contributed by atoms with Gasteiger partial charge in [0.25, 0.3) is 0 Å². The van der Waals surface area contributed by atoms with Crippen LogP contribution in [0.15, 0.2) is 24.3 Å². The first-order valence-corrected chi connectivity index (χ1v) is 7.47. The molecule has 1 saturated heterocycles. The summed E-state index contributed by atoms with van der Waals surface area (Å²) in [7, 11) is 0. The number of amides is 1. The Bertz CT molecular complexity index is 473. The van der Waals surface area contributed by atoms with Crippen molar-refractivity contribution in [1.82, 2.24) is 10.2 Å². The molecule has 1 amide bonds. The number of aryl methyl sites for hydroxylation is 1. The lowest BCUT2D eigenvalue weighted by Crippen LogP contribution is -2.37. The summed E-state index contributed by atoms with van der Waals surface area (Å²) in [5.41, 5.74) is 2.60. The number of rotatable bonds is 3. The zero-order valence-electron chi connectivity index (χ0n) is 13.2. The van der Waals surface area contributed by atoms with Crippen molar-refractivity contribution in [3.8, 4) is 0 Å². The highest BCUT2D eigenvalue weighted by atomic mass is 16.2. The van der Waals surface area contributed by atoms with Crippen LogP contribution in [0.5, 0.6) is 0 Å². The summed E-state index contributed by atoms with van der Waals surface area (Å²) in [5, 5.41) is 3.41. The number of carbonyl (C=O) groups is 1. The van der Waals surface area contributed by atoms with E-state index in [1.54, 1.807) is 0 Å². The summed E-state index contributed by atoms with van der Waals surface area (Å²) in [6.45, 7) is 11.4. The molecule has 3 heteroatoms. The highest BCUT2D eigenvalue weighted by Crippen LogP contribution is 2.29. The van der Waals surface area contributed by atoms with Crippen LogP contribution in [-0.2, 0) is 11.2 Å². The van der Waals surface area contributed by atoms with Crippen LogP contribution < -0.4 is 5.32 Å². The lowest BCUT2D eigenvalue weighted by atomic mass is 9.95. The quantitative estimate of drug-likeness (QED) is 0.918. The van der Waals surface area contributed by atoms with Crippen LogP contribution in [0.4, 0.5) is 0 Å². The molecule has 2 unspecified atom stereocenters. The molecule has 1 fully saturated rings. The molecule has 0 saturated carbocycles. The average molecular weight is 274 g/mol. The van der Waals surface area contributed by atoms with Crippen molar-refractivity contribution in [3.63, 3.8) is 0 Å². The van der Waals surface area contributed by atoms with Gasteiger partial charge in [0.15, 0.2) is 0 Å². The molecule has 0 aliphatic carbocycles. The minimum Gasteiger partial charge on any atom is -0.321 e. The number of benzene rings is 1.